The second-order valence-corrected chi connectivity index (χ2v) is 6.40. The third-order valence-electron chi connectivity index (χ3n) is 4.46. The molecule has 0 bridgehead atoms. The maximum atomic E-state index is 12.4. The van der Waals surface area contributed by atoms with E-state index < -0.39 is 24.0 Å². The van der Waals surface area contributed by atoms with Crippen LogP contribution in [-0.2, 0) is 20.8 Å². The van der Waals surface area contributed by atoms with E-state index in [0.29, 0.717) is 25.8 Å². The molecule has 6 nitrogen and oxygen atoms in total. The van der Waals surface area contributed by atoms with E-state index in [4.69, 9.17) is 10.8 Å². The zero-order chi connectivity index (χ0) is 17.7. The van der Waals surface area contributed by atoms with Crippen LogP contribution in [0.1, 0.15) is 31.7 Å². The molecule has 0 saturated carbocycles. The summed E-state index contributed by atoms with van der Waals surface area (Å²) in [7, 11) is 0. The number of carbonyl (C=O) groups is 3. The Morgan fingerprint density at radius 1 is 1.28 bits per heavy atom. The first-order chi connectivity index (χ1) is 11.4. The minimum absolute atomic E-state index is 0. The van der Waals surface area contributed by atoms with Gasteiger partial charge in [-0.2, -0.15) is 0 Å². The van der Waals surface area contributed by atoms with Crippen molar-refractivity contribution < 1.29 is 19.5 Å². The molecule has 138 valence electrons. The zero-order valence-electron chi connectivity index (χ0n) is 14.3. The highest BCUT2D eigenvalue weighted by Gasteiger charge is 2.36. The molecule has 1 aliphatic rings. The van der Waals surface area contributed by atoms with Crippen LogP contribution in [0.2, 0.25) is 0 Å². The molecule has 7 heteroatoms. The van der Waals surface area contributed by atoms with Crippen molar-refractivity contribution in [1.29, 1.82) is 0 Å². The quantitative estimate of drug-likeness (QED) is 0.762. The number of Topliss-reactive ketones (excluding diaryl/α,β-unsaturated/α-hetero) is 1. The minimum atomic E-state index is -0.986. The van der Waals surface area contributed by atoms with Gasteiger partial charge in [-0.1, -0.05) is 37.3 Å². The summed E-state index contributed by atoms with van der Waals surface area (Å²) in [4.78, 5) is 37.3. The Hall–Kier alpha value is -1.92. The van der Waals surface area contributed by atoms with Gasteiger partial charge in [0.1, 0.15) is 6.04 Å². The van der Waals surface area contributed by atoms with Crippen LogP contribution in [0.25, 0.3) is 0 Å². The maximum absolute atomic E-state index is 12.4. The van der Waals surface area contributed by atoms with Gasteiger partial charge in [0.25, 0.3) is 0 Å². The number of carboxylic acids is 1. The second kappa shape index (κ2) is 9.53. The average molecular weight is 369 g/mol. The van der Waals surface area contributed by atoms with Crippen LogP contribution in [0.3, 0.4) is 0 Å². The molecular formula is C18H25ClN2O4. The number of ketones is 1. The monoisotopic (exact) mass is 368 g/mol. The molecule has 3 N–H and O–H groups in total. The molecule has 3 atom stereocenters. The van der Waals surface area contributed by atoms with E-state index in [1.54, 1.807) is 6.92 Å². The molecule has 1 amide bonds. The fraction of sp³-hybridized carbons (Fsp3) is 0.500. The molecule has 0 radical (unpaired) electrons. The van der Waals surface area contributed by atoms with E-state index in [-0.39, 0.29) is 30.5 Å². The van der Waals surface area contributed by atoms with Gasteiger partial charge >= 0.3 is 5.97 Å². The fourth-order valence-corrected chi connectivity index (χ4v) is 3.09. The third kappa shape index (κ3) is 5.54. The smallest absolute Gasteiger partial charge is 0.326 e. The lowest BCUT2D eigenvalue weighted by molar-refractivity contribution is -0.150. The number of nitrogens with two attached hydrogens (primary N) is 1. The van der Waals surface area contributed by atoms with E-state index >= 15 is 0 Å². The van der Waals surface area contributed by atoms with Crippen LogP contribution in [-0.4, -0.2) is 46.3 Å². The number of benzene rings is 1. The molecular weight excluding hydrogens is 344 g/mol. The highest BCUT2D eigenvalue weighted by Crippen LogP contribution is 2.21. The lowest BCUT2D eigenvalue weighted by atomic mass is 9.95. The van der Waals surface area contributed by atoms with Crippen molar-refractivity contribution in [1.82, 2.24) is 4.90 Å². The summed E-state index contributed by atoms with van der Waals surface area (Å²) < 4.78 is 0. The summed E-state index contributed by atoms with van der Waals surface area (Å²) in [6.45, 7) is 2.09. The van der Waals surface area contributed by atoms with Gasteiger partial charge < -0.3 is 15.7 Å². The summed E-state index contributed by atoms with van der Waals surface area (Å²) in [6, 6.07) is 8.06. The molecule has 0 spiro atoms. The van der Waals surface area contributed by atoms with Crippen molar-refractivity contribution in [2.75, 3.05) is 6.54 Å². The molecule has 25 heavy (non-hydrogen) atoms. The number of hydrogen-bond acceptors (Lipinski definition) is 4. The van der Waals surface area contributed by atoms with Crippen LogP contribution in [0, 0.1) is 5.92 Å². The Balaban J connectivity index is 0.00000312. The van der Waals surface area contributed by atoms with E-state index in [9.17, 15) is 14.4 Å². The molecule has 1 aliphatic heterocycles. The largest absolute Gasteiger partial charge is 0.480 e. The van der Waals surface area contributed by atoms with Crippen molar-refractivity contribution in [2.45, 2.75) is 44.7 Å². The number of rotatable bonds is 7. The number of carboxylic acid groups (broad SMARTS) is 1. The van der Waals surface area contributed by atoms with Crippen molar-refractivity contribution in [2.24, 2.45) is 11.7 Å². The van der Waals surface area contributed by atoms with Crippen LogP contribution in [0.4, 0.5) is 0 Å². The Bertz CT molecular complexity index is 608. The molecule has 1 aromatic rings. The lowest BCUT2D eigenvalue weighted by Crippen LogP contribution is -2.44. The predicted molar refractivity (Wildman–Crippen MR) is 96.5 cm³/mol. The van der Waals surface area contributed by atoms with Gasteiger partial charge in [-0.15, -0.1) is 12.4 Å². The summed E-state index contributed by atoms with van der Waals surface area (Å²) in [5.74, 6) is -2.00. The number of nitrogens with zero attached hydrogens (tertiary/aromatic N) is 1. The highest BCUT2D eigenvalue weighted by molar-refractivity contribution is 5.91. The Morgan fingerprint density at radius 3 is 2.52 bits per heavy atom. The molecule has 1 heterocycles. The lowest BCUT2D eigenvalue weighted by Gasteiger charge is -2.25. The second-order valence-electron chi connectivity index (χ2n) is 6.40. The van der Waals surface area contributed by atoms with Gasteiger partial charge in [-0.3, -0.25) is 9.59 Å². The molecule has 2 rings (SSSR count). The zero-order valence-corrected chi connectivity index (χ0v) is 15.1. The number of carbonyl (C=O) groups excluding carboxylic acids is 2. The van der Waals surface area contributed by atoms with E-state index in [2.05, 4.69) is 0 Å². The predicted octanol–water partition coefficient (Wildman–Crippen LogP) is 1.65. The standard InChI is InChI=1S/C18H24N2O4.ClH/c1-12(17(22)20-9-5-8-15(20)18(23)24)10-16(21)14(19)11-13-6-3-2-4-7-13;/h2-4,6-7,12,14-15H,5,8-11,19H2,1H3,(H,23,24);1H/t12-,14+,15-;/m0./s1. The first-order valence-corrected chi connectivity index (χ1v) is 8.25. The molecule has 0 aromatic heterocycles. The van der Waals surface area contributed by atoms with Gasteiger partial charge in [-0.05, 0) is 24.8 Å². The summed E-state index contributed by atoms with van der Waals surface area (Å²) in [5.41, 5.74) is 6.93. The van der Waals surface area contributed by atoms with Gasteiger partial charge in [0.15, 0.2) is 5.78 Å². The average Bonchev–Trinajstić information content (AvgIpc) is 3.04. The van der Waals surface area contributed by atoms with Crippen LogP contribution in [0.5, 0.6) is 0 Å². The number of aliphatic carboxylic acids is 1. The molecule has 1 saturated heterocycles. The number of likely N-dealkylation sites (tertiary alicyclic amines) is 1. The Morgan fingerprint density at radius 2 is 1.92 bits per heavy atom. The fourth-order valence-electron chi connectivity index (χ4n) is 3.09. The first-order valence-electron chi connectivity index (χ1n) is 8.25. The normalized spacial score (nSPS) is 19.0. The van der Waals surface area contributed by atoms with Crippen LogP contribution in [0.15, 0.2) is 30.3 Å². The van der Waals surface area contributed by atoms with Gasteiger partial charge in [-0.25, -0.2) is 4.79 Å². The molecule has 1 fully saturated rings. The van der Waals surface area contributed by atoms with Gasteiger partial charge in [0.05, 0.1) is 6.04 Å². The summed E-state index contributed by atoms with van der Waals surface area (Å²) in [5, 5.41) is 9.17. The minimum Gasteiger partial charge on any atom is -0.480 e. The van der Waals surface area contributed by atoms with E-state index in [0.717, 1.165) is 5.56 Å². The van der Waals surface area contributed by atoms with Crippen LogP contribution >= 0.6 is 12.4 Å². The Kier molecular flexibility index (Phi) is 8.06. The van der Waals surface area contributed by atoms with Crippen molar-refractivity contribution in [3.05, 3.63) is 35.9 Å². The number of halogens is 1. The van der Waals surface area contributed by atoms with Gasteiger partial charge in [0.2, 0.25) is 5.91 Å². The highest BCUT2D eigenvalue weighted by atomic mass is 35.5. The van der Waals surface area contributed by atoms with Crippen molar-refractivity contribution in [3.8, 4) is 0 Å². The SMILES string of the molecule is C[C@@H](CC(=O)[C@H](N)Cc1ccccc1)C(=O)N1CCC[C@H]1C(=O)O.Cl. The summed E-state index contributed by atoms with van der Waals surface area (Å²) >= 11 is 0. The molecule has 0 unspecified atom stereocenters. The van der Waals surface area contributed by atoms with E-state index in [1.165, 1.54) is 4.90 Å². The molecule has 1 aromatic carbocycles. The Labute approximate surface area is 153 Å². The van der Waals surface area contributed by atoms with E-state index in [1.807, 2.05) is 30.3 Å². The maximum Gasteiger partial charge on any atom is 0.326 e. The van der Waals surface area contributed by atoms with Gasteiger partial charge in [0, 0.05) is 18.9 Å². The number of hydrogen-bond donors (Lipinski definition) is 2. The van der Waals surface area contributed by atoms with Crippen LogP contribution < -0.4 is 5.73 Å². The molecule has 0 aliphatic carbocycles. The van der Waals surface area contributed by atoms with Crippen molar-refractivity contribution >= 4 is 30.1 Å². The summed E-state index contributed by atoms with van der Waals surface area (Å²) in [6.07, 6.45) is 1.61. The first kappa shape index (κ1) is 21.1. The topological polar surface area (TPSA) is 101 Å². The number of amides is 1. The van der Waals surface area contributed by atoms with Crippen molar-refractivity contribution in [3.63, 3.8) is 0 Å². The third-order valence-corrected chi connectivity index (χ3v) is 4.46.